The Morgan fingerprint density at radius 3 is 2.28 bits per heavy atom. The Morgan fingerprint density at radius 2 is 1.62 bits per heavy atom. The van der Waals surface area contributed by atoms with Gasteiger partial charge in [-0.2, -0.15) is 5.26 Å². The monoisotopic (exact) mass is 411 g/mol. The zero-order valence-corrected chi connectivity index (χ0v) is 16.6. The number of rotatable bonds is 4. The highest BCUT2D eigenvalue weighted by atomic mass is 35.5. The fraction of sp³-hybridized carbons (Fsp3) is 0.0800. The Morgan fingerprint density at radius 1 is 0.897 bits per heavy atom. The molecule has 0 aliphatic carbocycles. The molecule has 0 atom stereocenters. The third kappa shape index (κ3) is 6.34. The highest BCUT2D eigenvalue weighted by Gasteiger charge is 2.12. The summed E-state index contributed by atoms with van der Waals surface area (Å²) in [5.41, 5.74) is 3.75. The minimum atomic E-state index is 0.202. The smallest absolute Gasteiger partial charge is 0.140 e. The maximum atomic E-state index is 9.41. The van der Waals surface area contributed by atoms with Gasteiger partial charge in [0.25, 0.3) is 0 Å². The molecule has 0 bridgehead atoms. The van der Waals surface area contributed by atoms with Crippen molar-refractivity contribution in [2.45, 2.75) is 11.8 Å². The van der Waals surface area contributed by atoms with Gasteiger partial charge >= 0.3 is 0 Å². The van der Waals surface area contributed by atoms with Crippen molar-refractivity contribution in [2.24, 2.45) is 0 Å². The molecule has 2 aromatic carbocycles. The summed E-state index contributed by atoms with van der Waals surface area (Å²) < 4.78 is 5.41. The first-order valence-electron chi connectivity index (χ1n) is 8.14. The topological polar surface area (TPSA) is 33.0 Å². The molecule has 29 heavy (non-hydrogen) atoms. The Kier molecular flexibility index (Phi) is 8.67. The maximum Gasteiger partial charge on any atom is 0.140 e. The fourth-order valence-corrected chi connectivity index (χ4v) is 2.78. The zero-order chi connectivity index (χ0) is 20.9. The number of benzene rings is 2. The predicted octanol–water partition coefficient (Wildman–Crippen LogP) is 4.69. The van der Waals surface area contributed by atoms with Crippen LogP contribution < -0.4 is 4.74 Å². The van der Waals surface area contributed by atoms with E-state index in [0.29, 0.717) is 17.2 Å². The van der Waals surface area contributed by atoms with Gasteiger partial charge in [-0.3, -0.25) is 0 Å². The lowest BCUT2D eigenvalue weighted by Crippen LogP contribution is -1.95. The van der Waals surface area contributed by atoms with E-state index >= 15 is 0 Å². The Bertz CT molecular complexity index is 1250. The number of terminal acetylenes is 1. The van der Waals surface area contributed by atoms with Gasteiger partial charge in [-0.15, -0.1) is 29.6 Å². The summed E-state index contributed by atoms with van der Waals surface area (Å²) in [5.74, 6) is 20.5. The van der Waals surface area contributed by atoms with E-state index in [9.17, 15) is 5.26 Å². The second kappa shape index (κ2) is 11.7. The largest absolute Gasteiger partial charge is 0.407 e. The van der Waals surface area contributed by atoms with Crippen molar-refractivity contribution in [2.75, 3.05) is 0 Å². The van der Waals surface area contributed by atoms with Gasteiger partial charge in [-0.25, -0.2) is 0 Å². The van der Waals surface area contributed by atoms with Crippen LogP contribution in [0.1, 0.15) is 16.7 Å². The average Bonchev–Trinajstić information content (AvgIpc) is 2.77. The number of nitrogens with zero attached hydrogens (tertiary/aromatic N) is 1. The third-order valence-corrected chi connectivity index (χ3v) is 4.11. The van der Waals surface area contributed by atoms with Crippen molar-refractivity contribution < 1.29 is 4.74 Å². The summed E-state index contributed by atoms with van der Waals surface area (Å²) in [6.45, 7) is 0. The van der Waals surface area contributed by atoms with E-state index < -0.39 is 0 Å². The van der Waals surface area contributed by atoms with E-state index in [2.05, 4.69) is 59.5 Å². The summed E-state index contributed by atoms with van der Waals surface area (Å²) >= 11 is 12.1. The highest BCUT2D eigenvalue weighted by Crippen LogP contribution is 2.31. The van der Waals surface area contributed by atoms with Crippen LogP contribution in [0.2, 0.25) is 0 Å². The zero-order valence-electron chi connectivity index (χ0n) is 15.1. The SMILES string of the molecule is C#CC#CC#CC#CC#COc1cccc(-c2cc(CCl)cc(C#N)c2CCl)c1. The standard InChI is InChI=1S/C25H11Cl2NO/c1-2-3-4-5-6-7-8-9-13-29-23-12-10-11-21(16-23)24-15-20(17-26)14-22(19-28)25(24)18-27/h1,10-12,14-16H,17-18H2. The molecule has 0 unspecified atom stereocenters. The minimum absolute atomic E-state index is 0.202. The Labute approximate surface area is 180 Å². The normalized spacial score (nSPS) is 8.14. The molecule has 0 saturated heterocycles. The first-order valence-corrected chi connectivity index (χ1v) is 9.21. The quantitative estimate of drug-likeness (QED) is 0.540. The van der Waals surface area contributed by atoms with E-state index in [0.717, 1.165) is 22.3 Å². The number of halogens is 2. The van der Waals surface area contributed by atoms with Crippen molar-refractivity contribution in [1.82, 2.24) is 0 Å². The molecule has 0 spiro atoms. The molecular formula is C25H11Cl2NO. The molecule has 0 saturated carbocycles. The van der Waals surface area contributed by atoms with Gasteiger partial charge in [0.1, 0.15) is 11.9 Å². The molecule has 0 radical (unpaired) electrons. The van der Waals surface area contributed by atoms with Crippen molar-refractivity contribution in [3.8, 4) is 82.8 Å². The van der Waals surface area contributed by atoms with Crippen LogP contribution in [0.3, 0.4) is 0 Å². The van der Waals surface area contributed by atoms with Gasteiger partial charge in [0.05, 0.1) is 11.6 Å². The molecule has 2 rings (SSSR count). The molecule has 0 aromatic heterocycles. The molecule has 0 N–H and O–H groups in total. The lowest BCUT2D eigenvalue weighted by atomic mass is 9.94. The first-order chi connectivity index (χ1) is 14.2. The third-order valence-electron chi connectivity index (χ3n) is 3.53. The van der Waals surface area contributed by atoms with E-state index in [1.807, 2.05) is 24.3 Å². The Balaban J connectivity index is 2.27. The van der Waals surface area contributed by atoms with Crippen LogP contribution in [-0.2, 0) is 11.8 Å². The summed E-state index contributed by atoms with van der Waals surface area (Å²) in [4.78, 5) is 0. The molecular weight excluding hydrogens is 401 g/mol. The molecule has 0 aliphatic rings. The lowest BCUT2D eigenvalue weighted by molar-refractivity contribution is 0.520. The van der Waals surface area contributed by atoms with E-state index in [4.69, 9.17) is 34.4 Å². The van der Waals surface area contributed by atoms with Gasteiger partial charge in [-0.05, 0) is 70.2 Å². The van der Waals surface area contributed by atoms with Gasteiger partial charge in [0.2, 0.25) is 0 Å². The molecule has 0 heterocycles. The number of ether oxygens (including phenoxy) is 1. The summed E-state index contributed by atoms with van der Waals surface area (Å²) in [7, 11) is 0. The van der Waals surface area contributed by atoms with Gasteiger partial charge in [0, 0.05) is 35.4 Å². The van der Waals surface area contributed by atoms with Crippen LogP contribution in [0.15, 0.2) is 36.4 Å². The van der Waals surface area contributed by atoms with Crippen molar-refractivity contribution >= 4 is 23.2 Å². The predicted molar refractivity (Wildman–Crippen MR) is 116 cm³/mol. The summed E-state index contributed by atoms with van der Waals surface area (Å²) in [6, 6.07) is 13.1. The number of hydrogen-bond donors (Lipinski definition) is 0. The molecule has 0 amide bonds. The molecule has 4 heteroatoms. The highest BCUT2D eigenvalue weighted by molar-refractivity contribution is 6.18. The number of alkyl halides is 2. The van der Waals surface area contributed by atoms with Crippen LogP contribution in [-0.4, -0.2) is 0 Å². The second-order valence-corrected chi connectivity index (χ2v) is 5.83. The van der Waals surface area contributed by atoms with Crippen LogP contribution in [0.25, 0.3) is 11.1 Å². The fourth-order valence-electron chi connectivity index (χ4n) is 2.34. The van der Waals surface area contributed by atoms with Crippen LogP contribution >= 0.6 is 23.2 Å². The summed E-state index contributed by atoms with van der Waals surface area (Å²) in [6.07, 6.45) is 7.46. The maximum absolute atomic E-state index is 9.41. The van der Waals surface area contributed by atoms with E-state index in [-0.39, 0.29) is 5.88 Å². The molecule has 136 valence electrons. The molecule has 2 nitrogen and oxygen atoms in total. The van der Waals surface area contributed by atoms with E-state index in [1.54, 1.807) is 12.1 Å². The van der Waals surface area contributed by atoms with Crippen LogP contribution in [0.5, 0.6) is 5.75 Å². The van der Waals surface area contributed by atoms with Crippen molar-refractivity contribution in [1.29, 1.82) is 5.26 Å². The number of hydrogen-bond acceptors (Lipinski definition) is 2. The van der Waals surface area contributed by atoms with Crippen LogP contribution in [0, 0.1) is 71.2 Å². The minimum Gasteiger partial charge on any atom is -0.407 e. The van der Waals surface area contributed by atoms with Crippen molar-refractivity contribution in [3.05, 3.63) is 53.1 Å². The van der Waals surface area contributed by atoms with Crippen molar-refractivity contribution in [3.63, 3.8) is 0 Å². The molecule has 0 aliphatic heterocycles. The average molecular weight is 412 g/mol. The lowest BCUT2D eigenvalue weighted by Gasteiger charge is -2.12. The van der Waals surface area contributed by atoms with Gasteiger partial charge < -0.3 is 4.74 Å². The molecule has 0 fully saturated rings. The van der Waals surface area contributed by atoms with Gasteiger partial charge in [-0.1, -0.05) is 12.1 Å². The second-order valence-electron chi connectivity index (χ2n) is 5.30. The first kappa shape index (κ1) is 21.4. The van der Waals surface area contributed by atoms with Gasteiger partial charge in [0.15, 0.2) is 0 Å². The van der Waals surface area contributed by atoms with E-state index in [1.165, 1.54) is 0 Å². The molecule has 2 aromatic rings. The Hall–Kier alpha value is -3.89. The van der Waals surface area contributed by atoms with Crippen LogP contribution in [0.4, 0.5) is 0 Å². The number of nitriles is 1. The summed E-state index contributed by atoms with van der Waals surface area (Å²) in [5, 5.41) is 9.41.